The van der Waals surface area contributed by atoms with Gasteiger partial charge in [-0.1, -0.05) is 0 Å². The lowest BCUT2D eigenvalue weighted by Gasteiger charge is -2.19. The van der Waals surface area contributed by atoms with Crippen LogP contribution < -0.4 is 5.32 Å². The fraction of sp³-hybridized carbons (Fsp3) is 0.417. The largest absolute Gasteiger partial charge is 0.351 e. The van der Waals surface area contributed by atoms with Gasteiger partial charge in [0.25, 0.3) is 0 Å². The van der Waals surface area contributed by atoms with Crippen molar-refractivity contribution in [3.63, 3.8) is 0 Å². The van der Waals surface area contributed by atoms with Crippen molar-refractivity contribution >= 4 is 11.8 Å². The van der Waals surface area contributed by atoms with E-state index in [1.165, 1.54) is 11.9 Å². The van der Waals surface area contributed by atoms with Gasteiger partial charge in [0.1, 0.15) is 0 Å². The minimum absolute atomic E-state index is 0.482. The summed E-state index contributed by atoms with van der Waals surface area (Å²) in [4.78, 5) is 28.3. The topological polar surface area (TPSA) is 62.3 Å². The second-order valence-corrected chi connectivity index (χ2v) is 3.57. The van der Waals surface area contributed by atoms with Gasteiger partial charge >= 0.3 is 11.8 Å². The van der Waals surface area contributed by atoms with Gasteiger partial charge in [0, 0.05) is 32.5 Å². The van der Waals surface area contributed by atoms with Gasteiger partial charge in [-0.25, -0.2) is 0 Å². The first-order chi connectivity index (χ1) is 8.19. The van der Waals surface area contributed by atoms with Gasteiger partial charge in [-0.2, -0.15) is 0 Å². The number of hydrogen-bond donors (Lipinski definition) is 1. The fourth-order valence-electron chi connectivity index (χ4n) is 1.47. The number of nitrogens with one attached hydrogen (secondary N) is 1. The molecule has 1 heterocycles. The lowest BCUT2D eigenvalue weighted by Crippen LogP contribution is -2.42. The molecule has 0 saturated carbocycles. The quantitative estimate of drug-likeness (QED) is 0.759. The highest BCUT2D eigenvalue weighted by Gasteiger charge is 2.18. The number of amides is 2. The Morgan fingerprint density at radius 3 is 2.53 bits per heavy atom. The molecule has 5 heteroatoms. The van der Waals surface area contributed by atoms with Crippen LogP contribution in [0.2, 0.25) is 0 Å². The zero-order chi connectivity index (χ0) is 12.7. The maximum absolute atomic E-state index is 11.6. The molecule has 1 aromatic rings. The second kappa shape index (κ2) is 6.62. The molecule has 1 aromatic heterocycles. The Kier molecular flexibility index (Phi) is 5.13. The molecule has 1 N–H and O–H groups in total. The molecule has 1 rings (SSSR count). The van der Waals surface area contributed by atoms with Crippen molar-refractivity contribution in [2.24, 2.45) is 0 Å². The molecule has 0 bridgehead atoms. The van der Waals surface area contributed by atoms with Crippen LogP contribution in [0.1, 0.15) is 12.5 Å². The van der Waals surface area contributed by atoms with E-state index in [-0.39, 0.29) is 0 Å². The molecule has 0 radical (unpaired) electrons. The van der Waals surface area contributed by atoms with Crippen LogP contribution in [0.15, 0.2) is 24.5 Å². The van der Waals surface area contributed by atoms with Gasteiger partial charge in [-0.15, -0.1) is 0 Å². The molecular formula is C12H17N3O2. The summed E-state index contributed by atoms with van der Waals surface area (Å²) in [6.45, 7) is 2.91. The highest BCUT2D eigenvalue weighted by molar-refractivity contribution is 6.34. The molecule has 0 aliphatic rings. The Hall–Kier alpha value is -1.91. The molecule has 5 nitrogen and oxygen atoms in total. The Bertz CT molecular complexity index is 379. The summed E-state index contributed by atoms with van der Waals surface area (Å²) in [5.41, 5.74) is 1.10. The maximum atomic E-state index is 11.6. The summed E-state index contributed by atoms with van der Waals surface area (Å²) >= 11 is 0. The number of rotatable bonds is 4. The van der Waals surface area contributed by atoms with Gasteiger partial charge in [-0.3, -0.25) is 14.6 Å². The Labute approximate surface area is 101 Å². The van der Waals surface area contributed by atoms with E-state index < -0.39 is 11.8 Å². The van der Waals surface area contributed by atoms with Gasteiger partial charge in [0.15, 0.2) is 0 Å². The predicted molar refractivity (Wildman–Crippen MR) is 64.3 cm³/mol. The number of aromatic nitrogens is 1. The van der Waals surface area contributed by atoms with Gasteiger partial charge in [-0.05, 0) is 31.0 Å². The number of carbonyl (C=O) groups is 2. The first kappa shape index (κ1) is 13.2. The van der Waals surface area contributed by atoms with Crippen molar-refractivity contribution in [1.82, 2.24) is 15.2 Å². The average Bonchev–Trinajstić information content (AvgIpc) is 2.39. The van der Waals surface area contributed by atoms with E-state index in [1.807, 2.05) is 19.1 Å². The summed E-state index contributed by atoms with van der Waals surface area (Å²) in [5.74, 6) is -1.05. The highest BCUT2D eigenvalue weighted by Crippen LogP contribution is 2.00. The van der Waals surface area contributed by atoms with Crippen LogP contribution in [0.5, 0.6) is 0 Å². The third kappa shape index (κ3) is 3.86. The number of likely N-dealkylation sites (N-methyl/N-ethyl adjacent to an activating group) is 2. The molecule has 0 saturated heterocycles. The predicted octanol–water partition coefficient (Wildman–Crippen LogP) is 0.219. The molecule has 0 aromatic carbocycles. The van der Waals surface area contributed by atoms with Crippen LogP contribution in [0.25, 0.3) is 0 Å². The summed E-state index contributed by atoms with van der Waals surface area (Å²) in [6.07, 6.45) is 4.15. The van der Waals surface area contributed by atoms with E-state index in [0.29, 0.717) is 13.1 Å². The molecule has 0 aliphatic heterocycles. The summed E-state index contributed by atoms with van der Waals surface area (Å²) in [6, 6.07) is 3.80. The van der Waals surface area contributed by atoms with E-state index >= 15 is 0 Å². The standard InChI is InChI=1S/C12H17N3O2/c1-3-15(12(17)11(16)13-2)9-6-10-4-7-14-8-5-10/h4-5,7-8H,3,6,9H2,1-2H3,(H,13,16). The van der Waals surface area contributed by atoms with Crippen LogP contribution in [0.3, 0.4) is 0 Å². The van der Waals surface area contributed by atoms with E-state index in [0.717, 1.165) is 12.0 Å². The van der Waals surface area contributed by atoms with Crippen molar-refractivity contribution in [2.45, 2.75) is 13.3 Å². The zero-order valence-corrected chi connectivity index (χ0v) is 10.1. The van der Waals surface area contributed by atoms with Crippen LogP contribution in [0, 0.1) is 0 Å². The second-order valence-electron chi connectivity index (χ2n) is 3.57. The summed E-state index contributed by atoms with van der Waals surface area (Å²) < 4.78 is 0. The van der Waals surface area contributed by atoms with Gasteiger partial charge < -0.3 is 10.2 Å². The van der Waals surface area contributed by atoms with E-state index in [9.17, 15) is 9.59 Å². The zero-order valence-electron chi connectivity index (χ0n) is 10.1. The van der Waals surface area contributed by atoms with Crippen molar-refractivity contribution < 1.29 is 9.59 Å². The van der Waals surface area contributed by atoms with Gasteiger partial charge in [0.05, 0.1) is 0 Å². The molecule has 0 fully saturated rings. The minimum Gasteiger partial charge on any atom is -0.351 e. The van der Waals surface area contributed by atoms with E-state index in [4.69, 9.17) is 0 Å². The molecule has 0 spiro atoms. The van der Waals surface area contributed by atoms with Crippen LogP contribution in [0.4, 0.5) is 0 Å². The van der Waals surface area contributed by atoms with E-state index in [2.05, 4.69) is 10.3 Å². The lowest BCUT2D eigenvalue weighted by atomic mass is 10.2. The smallest absolute Gasteiger partial charge is 0.311 e. The molecule has 0 atom stereocenters. The van der Waals surface area contributed by atoms with Crippen molar-refractivity contribution in [2.75, 3.05) is 20.1 Å². The third-order valence-corrected chi connectivity index (χ3v) is 2.51. The molecular weight excluding hydrogens is 218 g/mol. The average molecular weight is 235 g/mol. The lowest BCUT2D eigenvalue weighted by molar-refractivity contribution is -0.145. The maximum Gasteiger partial charge on any atom is 0.311 e. The number of pyridine rings is 1. The van der Waals surface area contributed by atoms with Crippen molar-refractivity contribution in [1.29, 1.82) is 0 Å². The first-order valence-electron chi connectivity index (χ1n) is 5.59. The van der Waals surface area contributed by atoms with Crippen LogP contribution >= 0.6 is 0 Å². The fourth-order valence-corrected chi connectivity index (χ4v) is 1.47. The molecule has 92 valence electrons. The third-order valence-electron chi connectivity index (χ3n) is 2.51. The summed E-state index contributed by atoms with van der Waals surface area (Å²) in [5, 5.41) is 2.34. The molecule has 0 unspecified atom stereocenters. The Morgan fingerprint density at radius 1 is 1.35 bits per heavy atom. The minimum atomic E-state index is -0.568. The Balaban J connectivity index is 2.53. The van der Waals surface area contributed by atoms with E-state index in [1.54, 1.807) is 12.4 Å². The Morgan fingerprint density at radius 2 is 2.00 bits per heavy atom. The number of hydrogen-bond acceptors (Lipinski definition) is 3. The summed E-state index contributed by atoms with van der Waals surface area (Å²) in [7, 11) is 1.46. The van der Waals surface area contributed by atoms with Crippen LogP contribution in [-0.4, -0.2) is 41.8 Å². The van der Waals surface area contributed by atoms with Crippen LogP contribution in [-0.2, 0) is 16.0 Å². The number of nitrogens with zero attached hydrogens (tertiary/aromatic N) is 2. The number of carbonyl (C=O) groups excluding carboxylic acids is 2. The SMILES string of the molecule is CCN(CCc1ccncc1)C(=O)C(=O)NC. The highest BCUT2D eigenvalue weighted by atomic mass is 16.2. The van der Waals surface area contributed by atoms with Crippen molar-refractivity contribution in [3.05, 3.63) is 30.1 Å². The molecule has 2 amide bonds. The monoisotopic (exact) mass is 235 g/mol. The van der Waals surface area contributed by atoms with Gasteiger partial charge in [0.2, 0.25) is 0 Å². The normalized spacial score (nSPS) is 9.76. The molecule has 0 aliphatic carbocycles. The first-order valence-corrected chi connectivity index (χ1v) is 5.59. The molecule has 17 heavy (non-hydrogen) atoms. The van der Waals surface area contributed by atoms with Crippen molar-refractivity contribution in [3.8, 4) is 0 Å².